The Hall–Kier alpha value is -2.31. The zero-order chi connectivity index (χ0) is 21.6. The molecule has 0 bridgehead atoms. The van der Waals surface area contributed by atoms with E-state index in [1.807, 2.05) is 50.6 Å². The Bertz CT molecular complexity index is 1170. The number of aryl methyl sites for hydroxylation is 1. The molecule has 1 amide bonds. The van der Waals surface area contributed by atoms with Crippen LogP contribution in [-0.2, 0) is 16.9 Å². The topological polar surface area (TPSA) is 68.2 Å². The summed E-state index contributed by atoms with van der Waals surface area (Å²) in [5, 5.41) is 4.67. The fourth-order valence-electron chi connectivity index (χ4n) is 3.43. The monoisotopic (exact) mass is 432 g/mol. The first kappa shape index (κ1) is 21.4. The Balaban J connectivity index is 1.96. The maximum atomic E-state index is 13.1. The first-order chi connectivity index (χ1) is 13.4. The molecule has 0 aliphatic heterocycles. The van der Waals surface area contributed by atoms with E-state index in [0.29, 0.717) is 10.7 Å². The molecule has 0 saturated carbocycles. The standard InChI is InChI=1S/C22H25ClN2O3S/c1-22(2,3)20(14-7-10-17(11-8-14)29(5,27)28)24-21(26)19-12-15-6-9-16(23)13-18(15)25(19)4/h6-13,20H,1-5H3,(H,24,26)/t20-/m1/s1. The van der Waals surface area contributed by atoms with Crippen LogP contribution >= 0.6 is 11.6 Å². The minimum absolute atomic E-state index is 0.202. The lowest BCUT2D eigenvalue weighted by Crippen LogP contribution is -2.37. The van der Waals surface area contributed by atoms with Crippen molar-refractivity contribution in [3.8, 4) is 0 Å². The zero-order valence-corrected chi connectivity index (χ0v) is 18.7. The normalized spacial score (nSPS) is 13.4. The Morgan fingerprint density at radius 2 is 1.69 bits per heavy atom. The van der Waals surface area contributed by atoms with Crippen LogP contribution in [0, 0.1) is 5.41 Å². The number of carbonyl (C=O) groups is 1. The van der Waals surface area contributed by atoms with Crippen molar-refractivity contribution in [1.29, 1.82) is 0 Å². The molecule has 5 nitrogen and oxygen atoms in total. The van der Waals surface area contributed by atoms with Crippen LogP contribution in [0.2, 0.25) is 5.02 Å². The van der Waals surface area contributed by atoms with E-state index in [9.17, 15) is 13.2 Å². The van der Waals surface area contributed by atoms with Gasteiger partial charge in [-0.1, -0.05) is 50.6 Å². The van der Waals surface area contributed by atoms with Crippen LogP contribution in [0.3, 0.4) is 0 Å². The summed E-state index contributed by atoms with van der Waals surface area (Å²) in [6.45, 7) is 6.09. The quantitative estimate of drug-likeness (QED) is 0.646. The average molecular weight is 433 g/mol. The van der Waals surface area contributed by atoms with Crippen LogP contribution in [-0.4, -0.2) is 25.1 Å². The lowest BCUT2D eigenvalue weighted by molar-refractivity contribution is 0.0894. The highest BCUT2D eigenvalue weighted by Crippen LogP contribution is 2.34. The highest BCUT2D eigenvalue weighted by atomic mass is 35.5. The van der Waals surface area contributed by atoms with Gasteiger partial charge in [0.2, 0.25) is 0 Å². The van der Waals surface area contributed by atoms with E-state index in [4.69, 9.17) is 11.6 Å². The number of aromatic nitrogens is 1. The molecule has 29 heavy (non-hydrogen) atoms. The van der Waals surface area contributed by atoms with Crippen LogP contribution in [0.5, 0.6) is 0 Å². The predicted octanol–water partition coefficient (Wildman–Crippen LogP) is 4.75. The number of amides is 1. The van der Waals surface area contributed by atoms with Crippen molar-refractivity contribution in [1.82, 2.24) is 9.88 Å². The third-order valence-electron chi connectivity index (χ3n) is 5.02. The fourth-order valence-corrected chi connectivity index (χ4v) is 4.23. The second-order valence-electron chi connectivity index (χ2n) is 8.41. The lowest BCUT2D eigenvalue weighted by atomic mass is 9.82. The van der Waals surface area contributed by atoms with Gasteiger partial charge < -0.3 is 9.88 Å². The highest BCUT2D eigenvalue weighted by Gasteiger charge is 2.29. The van der Waals surface area contributed by atoms with Crippen molar-refractivity contribution in [2.24, 2.45) is 12.5 Å². The third kappa shape index (κ3) is 4.49. The number of sulfone groups is 1. The molecule has 1 N–H and O–H groups in total. The minimum atomic E-state index is -3.27. The number of halogens is 1. The second kappa shape index (κ2) is 7.50. The van der Waals surface area contributed by atoms with E-state index >= 15 is 0 Å². The number of fused-ring (bicyclic) bond motifs is 1. The van der Waals surface area contributed by atoms with Gasteiger partial charge in [0.25, 0.3) is 5.91 Å². The molecule has 0 aliphatic rings. The first-order valence-electron chi connectivity index (χ1n) is 9.24. The summed E-state index contributed by atoms with van der Waals surface area (Å²) in [5.74, 6) is -0.202. The molecule has 154 valence electrons. The molecule has 0 unspecified atom stereocenters. The number of nitrogens with zero attached hydrogens (tertiary/aromatic N) is 1. The molecule has 0 spiro atoms. The number of hydrogen-bond donors (Lipinski definition) is 1. The smallest absolute Gasteiger partial charge is 0.268 e. The summed E-state index contributed by atoms with van der Waals surface area (Å²) in [6.07, 6.45) is 1.18. The molecule has 3 rings (SSSR count). The number of rotatable bonds is 4. The maximum absolute atomic E-state index is 13.1. The molecule has 3 aromatic rings. The molecule has 0 aliphatic carbocycles. The molecular weight excluding hydrogens is 408 g/mol. The van der Waals surface area contributed by atoms with Gasteiger partial charge in [-0.3, -0.25) is 4.79 Å². The van der Waals surface area contributed by atoms with Gasteiger partial charge in [0, 0.05) is 29.2 Å². The Kier molecular flexibility index (Phi) is 5.54. The van der Waals surface area contributed by atoms with Crippen molar-refractivity contribution in [2.45, 2.75) is 31.7 Å². The third-order valence-corrected chi connectivity index (χ3v) is 6.39. The van der Waals surface area contributed by atoms with Gasteiger partial charge in [0.1, 0.15) is 5.69 Å². The number of benzene rings is 2. The Morgan fingerprint density at radius 1 is 1.07 bits per heavy atom. The van der Waals surface area contributed by atoms with Gasteiger partial charge in [0.15, 0.2) is 9.84 Å². The van der Waals surface area contributed by atoms with Crippen LogP contribution < -0.4 is 5.32 Å². The SMILES string of the molecule is Cn1c(C(=O)N[C@H](c2ccc(S(C)(=O)=O)cc2)C(C)(C)C)cc2ccc(Cl)cc21. The predicted molar refractivity (Wildman–Crippen MR) is 117 cm³/mol. The Morgan fingerprint density at radius 3 is 2.24 bits per heavy atom. The minimum Gasteiger partial charge on any atom is -0.343 e. The summed E-state index contributed by atoms with van der Waals surface area (Å²) in [6, 6.07) is 13.7. The van der Waals surface area contributed by atoms with E-state index in [-0.39, 0.29) is 22.3 Å². The van der Waals surface area contributed by atoms with E-state index < -0.39 is 9.84 Å². The van der Waals surface area contributed by atoms with Crippen LogP contribution in [0.4, 0.5) is 0 Å². The van der Waals surface area contributed by atoms with Crippen LogP contribution in [0.15, 0.2) is 53.4 Å². The van der Waals surface area contributed by atoms with Crippen LogP contribution in [0.25, 0.3) is 10.9 Å². The summed E-state index contributed by atoms with van der Waals surface area (Å²) < 4.78 is 25.3. The molecule has 1 aromatic heterocycles. The van der Waals surface area contributed by atoms with E-state index in [0.717, 1.165) is 16.5 Å². The molecule has 1 heterocycles. The highest BCUT2D eigenvalue weighted by molar-refractivity contribution is 7.90. The van der Waals surface area contributed by atoms with Gasteiger partial charge in [0.05, 0.1) is 10.9 Å². The van der Waals surface area contributed by atoms with E-state index in [2.05, 4.69) is 5.32 Å². The van der Waals surface area contributed by atoms with Crippen molar-refractivity contribution in [2.75, 3.05) is 6.26 Å². The van der Waals surface area contributed by atoms with Gasteiger partial charge in [-0.05, 0) is 41.3 Å². The molecule has 1 atom stereocenters. The number of nitrogens with one attached hydrogen (secondary N) is 1. The fraction of sp³-hybridized carbons (Fsp3) is 0.318. The summed E-state index contributed by atoms with van der Waals surface area (Å²) in [5.41, 5.74) is 1.98. The van der Waals surface area contributed by atoms with Gasteiger partial charge in [-0.2, -0.15) is 0 Å². The summed E-state index contributed by atoms with van der Waals surface area (Å²) >= 11 is 6.09. The summed E-state index contributed by atoms with van der Waals surface area (Å²) in [4.78, 5) is 13.4. The average Bonchev–Trinajstić information content (AvgIpc) is 2.94. The molecule has 0 fully saturated rings. The Labute approximate surface area is 176 Å². The van der Waals surface area contributed by atoms with Gasteiger partial charge in [-0.25, -0.2) is 8.42 Å². The van der Waals surface area contributed by atoms with E-state index in [1.165, 1.54) is 6.26 Å². The molecule has 2 aromatic carbocycles. The lowest BCUT2D eigenvalue weighted by Gasteiger charge is -2.32. The van der Waals surface area contributed by atoms with Crippen molar-refractivity contribution in [3.63, 3.8) is 0 Å². The largest absolute Gasteiger partial charge is 0.343 e. The number of carbonyl (C=O) groups excluding carboxylic acids is 1. The molecule has 7 heteroatoms. The van der Waals surface area contributed by atoms with Crippen LogP contribution in [0.1, 0.15) is 42.9 Å². The first-order valence-corrected chi connectivity index (χ1v) is 11.5. The number of hydrogen-bond acceptors (Lipinski definition) is 3. The van der Waals surface area contributed by atoms with Crippen molar-refractivity contribution >= 4 is 38.2 Å². The molecular formula is C22H25ClN2O3S. The second-order valence-corrected chi connectivity index (χ2v) is 10.9. The maximum Gasteiger partial charge on any atom is 0.268 e. The zero-order valence-electron chi connectivity index (χ0n) is 17.2. The van der Waals surface area contributed by atoms with Gasteiger partial charge >= 0.3 is 0 Å². The molecule has 0 saturated heterocycles. The summed E-state index contributed by atoms with van der Waals surface area (Å²) in [7, 11) is -1.44. The van der Waals surface area contributed by atoms with E-state index in [1.54, 1.807) is 30.3 Å². The van der Waals surface area contributed by atoms with Gasteiger partial charge in [-0.15, -0.1) is 0 Å². The molecule has 0 radical (unpaired) electrons. The van der Waals surface area contributed by atoms with Crippen molar-refractivity contribution < 1.29 is 13.2 Å². The van der Waals surface area contributed by atoms with Crippen molar-refractivity contribution in [3.05, 3.63) is 64.8 Å².